The van der Waals surface area contributed by atoms with Crippen LogP contribution in [0.4, 0.5) is 0 Å². The standard InChI is InChI=1S/C12H14N2O3/c15-11-6-13-10(12(16)17)8-14(11)7-9-4-2-1-3-5-9/h1-5,10,13H,6-8H2,(H,16,17). The molecule has 0 radical (unpaired) electrons. The summed E-state index contributed by atoms with van der Waals surface area (Å²) < 4.78 is 0. The van der Waals surface area contributed by atoms with E-state index in [1.807, 2.05) is 30.3 Å². The van der Waals surface area contributed by atoms with Gasteiger partial charge in [0, 0.05) is 13.1 Å². The number of piperazine rings is 1. The van der Waals surface area contributed by atoms with Gasteiger partial charge in [0.1, 0.15) is 6.04 Å². The maximum absolute atomic E-state index is 11.6. The number of amides is 1. The van der Waals surface area contributed by atoms with Crippen molar-refractivity contribution in [3.63, 3.8) is 0 Å². The highest BCUT2D eigenvalue weighted by Crippen LogP contribution is 2.08. The van der Waals surface area contributed by atoms with Gasteiger partial charge in [0.15, 0.2) is 0 Å². The smallest absolute Gasteiger partial charge is 0.322 e. The Hall–Kier alpha value is -1.88. The number of hydrogen-bond donors (Lipinski definition) is 2. The molecule has 17 heavy (non-hydrogen) atoms. The number of benzene rings is 1. The van der Waals surface area contributed by atoms with Gasteiger partial charge in [0.25, 0.3) is 0 Å². The van der Waals surface area contributed by atoms with E-state index in [1.165, 1.54) is 0 Å². The van der Waals surface area contributed by atoms with E-state index in [-0.39, 0.29) is 19.0 Å². The van der Waals surface area contributed by atoms with Crippen LogP contribution in [0, 0.1) is 0 Å². The minimum atomic E-state index is -0.921. The van der Waals surface area contributed by atoms with E-state index >= 15 is 0 Å². The Bertz CT molecular complexity index is 419. The molecule has 1 atom stereocenters. The normalized spacial score (nSPS) is 20.4. The Morgan fingerprint density at radius 1 is 1.41 bits per heavy atom. The molecule has 1 amide bonds. The number of nitrogens with zero attached hydrogens (tertiary/aromatic N) is 1. The van der Waals surface area contributed by atoms with Gasteiger partial charge in [-0.05, 0) is 5.56 Å². The van der Waals surface area contributed by atoms with Crippen molar-refractivity contribution in [3.8, 4) is 0 Å². The molecule has 0 saturated carbocycles. The van der Waals surface area contributed by atoms with E-state index in [1.54, 1.807) is 4.90 Å². The minimum Gasteiger partial charge on any atom is -0.480 e. The van der Waals surface area contributed by atoms with Gasteiger partial charge in [0.2, 0.25) is 5.91 Å². The number of carboxylic acid groups (broad SMARTS) is 1. The summed E-state index contributed by atoms with van der Waals surface area (Å²) in [6.45, 7) is 0.762. The van der Waals surface area contributed by atoms with E-state index < -0.39 is 12.0 Å². The van der Waals surface area contributed by atoms with E-state index in [9.17, 15) is 9.59 Å². The molecule has 2 N–H and O–H groups in total. The van der Waals surface area contributed by atoms with Crippen LogP contribution in [0.2, 0.25) is 0 Å². The van der Waals surface area contributed by atoms with Crippen molar-refractivity contribution < 1.29 is 14.7 Å². The molecule has 0 aromatic heterocycles. The molecule has 0 bridgehead atoms. The van der Waals surface area contributed by atoms with E-state index in [0.29, 0.717) is 6.54 Å². The Labute approximate surface area is 99.0 Å². The van der Waals surface area contributed by atoms with E-state index in [2.05, 4.69) is 5.32 Å². The fourth-order valence-corrected chi connectivity index (χ4v) is 1.83. The van der Waals surface area contributed by atoms with Crippen LogP contribution in [-0.4, -0.2) is 41.0 Å². The maximum atomic E-state index is 11.6. The number of aliphatic carboxylic acids is 1. The molecule has 5 heteroatoms. The van der Waals surface area contributed by atoms with Crippen molar-refractivity contribution in [1.29, 1.82) is 0 Å². The average molecular weight is 234 g/mol. The molecule has 1 aliphatic rings. The Balaban J connectivity index is 2.04. The minimum absolute atomic E-state index is 0.0636. The fourth-order valence-electron chi connectivity index (χ4n) is 1.83. The first-order valence-electron chi connectivity index (χ1n) is 5.44. The summed E-state index contributed by atoms with van der Waals surface area (Å²) >= 11 is 0. The molecule has 1 aromatic carbocycles. The fraction of sp³-hybridized carbons (Fsp3) is 0.333. The van der Waals surface area contributed by atoms with Crippen LogP contribution >= 0.6 is 0 Å². The first-order chi connectivity index (χ1) is 8.16. The molecule has 1 saturated heterocycles. The number of carbonyl (C=O) groups excluding carboxylic acids is 1. The maximum Gasteiger partial charge on any atom is 0.322 e. The Morgan fingerprint density at radius 3 is 2.76 bits per heavy atom. The van der Waals surface area contributed by atoms with Crippen LogP contribution in [0.3, 0.4) is 0 Å². The monoisotopic (exact) mass is 234 g/mol. The highest BCUT2D eigenvalue weighted by molar-refractivity contribution is 5.83. The summed E-state index contributed by atoms with van der Waals surface area (Å²) in [6, 6.07) is 8.88. The van der Waals surface area contributed by atoms with Gasteiger partial charge in [-0.15, -0.1) is 0 Å². The average Bonchev–Trinajstić information content (AvgIpc) is 2.33. The number of carboxylic acids is 1. The van der Waals surface area contributed by atoms with Gasteiger partial charge in [-0.1, -0.05) is 30.3 Å². The van der Waals surface area contributed by atoms with Crippen molar-refractivity contribution in [2.45, 2.75) is 12.6 Å². The number of nitrogens with one attached hydrogen (secondary N) is 1. The lowest BCUT2D eigenvalue weighted by Crippen LogP contribution is -2.56. The van der Waals surface area contributed by atoms with Crippen LogP contribution < -0.4 is 5.32 Å². The molecule has 0 spiro atoms. The second-order valence-corrected chi connectivity index (χ2v) is 4.03. The van der Waals surface area contributed by atoms with Gasteiger partial charge in [-0.2, -0.15) is 0 Å². The third-order valence-corrected chi connectivity index (χ3v) is 2.77. The highest BCUT2D eigenvalue weighted by Gasteiger charge is 2.29. The first-order valence-corrected chi connectivity index (χ1v) is 5.44. The molecule has 1 aliphatic heterocycles. The SMILES string of the molecule is O=C(O)C1CN(Cc2ccccc2)C(=O)CN1. The molecular formula is C12H14N2O3. The largest absolute Gasteiger partial charge is 0.480 e. The number of hydrogen-bond acceptors (Lipinski definition) is 3. The predicted octanol–water partition coefficient (Wildman–Crippen LogP) is 0.0716. The van der Waals surface area contributed by atoms with Crippen molar-refractivity contribution >= 4 is 11.9 Å². The highest BCUT2D eigenvalue weighted by atomic mass is 16.4. The number of carbonyl (C=O) groups is 2. The van der Waals surface area contributed by atoms with Gasteiger partial charge < -0.3 is 10.0 Å². The Morgan fingerprint density at radius 2 is 2.12 bits per heavy atom. The lowest BCUT2D eigenvalue weighted by Gasteiger charge is -2.31. The first kappa shape index (κ1) is 11.6. The molecule has 0 aliphatic carbocycles. The molecular weight excluding hydrogens is 220 g/mol. The molecule has 1 unspecified atom stereocenters. The zero-order valence-electron chi connectivity index (χ0n) is 9.30. The van der Waals surface area contributed by atoms with Crippen molar-refractivity contribution in [2.24, 2.45) is 0 Å². The second kappa shape index (κ2) is 4.97. The van der Waals surface area contributed by atoms with Crippen molar-refractivity contribution in [1.82, 2.24) is 10.2 Å². The van der Waals surface area contributed by atoms with Crippen LogP contribution in [0.15, 0.2) is 30.3 Å². The summed E-state index contributed by atoms with van der Waals surface area (Å²) in [6.07, 6.45) is 0. The van der Waals surface area contributed by atoms with Gasteiger partial charge in [-0.25, -0.2) is 0 Å². The molecule has 5 nitrogen and oxygen atoms in total. The summed E-state index contributed by atoms with van der Waals surface area (Å²) in [5.41, 5.74) is 1.01. The quantitative estimate of drug-likeness (QED) is 0.776. The Kier molecular flexibility index (Phi) is 3.39. The molecule has 1 heterocycles. The van der Waals surface area contributed by atoms with Gasteiger partial charge in [0.05, 0.1) is 6.54 Å². The lowest BCUT2D eigenvalue weighted by atomic mass is 10.1. The number of rotatable bonds is 3. The van der Waals surface area contributed by atoms with Crippen molar-refractivity contribution in [3.05, 3.63) is 35.9 Å². The predicted molar refractivity (Wildman–Crippen MR) is 61.3 cm³/mol. The summed E-state index contributed by atoms with van der Waals surface area (Å²) in [4.78, 5) is 24.1. The van der Waals surface area contributed by atoms with Crippen LogP contribution in [0.25, 0.3) is 0 Å². The van der Waals surface area contributed by atoms with Gasteiger partial charge in [-0.3, -0.25) is 14.9 Å². The third kappa shape index (κ3) is 2.82. The third-order valence-electron chi connectivity index (χ3n) is 2.77. The second-order valence-electron chi connectivity index (χ2n) is 4.03. The lowest BCUT2D eigenvalue weighted by molar-refractivity contribution is -0.144. The molecule has 90 valence electrons. The summed E-state index contributed by atoms with van der Waals surface area (Å²) in [5, 5.41) is 11.6. The van der Waals surface area contributed by atoms with Crippen LogP contribution in [0.1, 0.15) is 5.56 Å². The summed E-state index contributed by atoms with van der Waals surface area (Å²) in [7, 11) is 0. The van der Waals surface area contributed by atoms with Crippen LogP contribution in [-0.2, 0) is 16.1 Å². The topological polar surface area (TPSA) is 69.6 Å². The molecule has 1 fully saturated rings. The zero-order valence-corrected chi connectivity index (χ0v) is 9.30. The van der Waals surface area contributed by atoms with Gasteiger partial charge >= 0.3 is 5.97 Å². The molecule has 1 aromatic rings. The van der Waals surface area contributed by atoms with Crippen LogP contribution in [0.5, 0.6) is 0 Å². The molecule has 2 rings (SSSR count). The van der Waals surface area contributed by atoms with Crippen molar-refractivity contribution in [2.75, 3.05) is 13.1 Å². The van der Waals surface area contributed by atoms with E-state index in [0.717, 1.165) is 5.56 Å². The zero-order chi connectivity index (χ0) is 12.3. The van der Waals surface area contributed by atoms with E-state index in [4.69, 9.17) is 5.11 Å². The summed E-state index contributed by atoms with van der Waals surface area (Å²) in [5.74, 6) is -0.984.